The number of carbonyl (C=O) groups excluding carboxylic acids is 1. The first kappa shape index (κ1) is 52.3. The molecule has 378 valence electrons. The van der Waals surface area contributed by atoms with Crippen molar-refractivity contribution >= 4 is 83.1 Å². The molecule has 0 spiro atoms. The van der Waals surface area contributed by atoms with E-state index in [2.05, 4.69) is 36.2 Å². The Labute approximate surface area is 421 Å². The number of allylic oxidation sites excluding steroid dienone is 1. The van der Waals surface area contributed by atoms with Gasteiger partial charge in [0.15, 0.2) is 12.1 Å². The van der Waals surface area contributed by atoms with Crippen LogP contribution < -0.4 is 30.4 Å². The zero-order chi connectivity index (χ0) is 52.7. The fourth-order valence-corrected chi connectivity index (χ4v) is 15.9. The summed E-state index contributed by atoms with van der Waals surface area (Å²) in [7, 11) is -15.3. The van der Waals surface area contributed by atoms with Crippen LogP contribution in [0.2, 0.25) is 13.1 Å². The first-order valence-electron chi connectivity index (χ1n) is 23.3. The molecule has 3 aliphatic rings. The minimum absolute atomic E-state index is 0.0424. The molecule has 0 unspecified atom stereocenters. The average molecular weight is 1050 g/mol. The lowest BCUT2D eigenvalue weighted by Crippen LogP contribution is -2.65. The van der Waals surface area contributed by atoms with Crippen LogP contribution in [-0.2, 0) is 48.2 Å². The summed E-state index contributed by atoms with van der Waals surface area (Å²) >= 11 is 0. The van der Waals surface area contributed by atoms with Gasteiger partial charge in [-0.2, -0.15) is 25.3 Å². The lowest BCUT2D eigenvalue weighted by atomic mass is 9.84. The van der Waals surface area contributed by atoms with Gasteiger partial charge in [0.2, 0.25) is 5.36 Å². The molecule has 19 heteroatoms. The molecule has 0 saturated heterocycles. The molecule has 3 aliphatic heterocycles. The van der Waals surface area contributed by atoms with Gasteiger partial charge in [0.25, 0.3) is 36.3 Å². The predicted molar refractivity (Wildman–Crippen MR) is 281 cm³/mol. The summed E-state index contributed by atoms with van der Waals surface area (Å²) in [6, 6.07) is 27.7. The highest BCUT2D eigenvalue weighted by Crippen LogP contribution is 2.43. The van der Waals surface area contributed by atoms with Crippen LogP contribution in [0.4, 0.5) is 5.69 Å². The molecular weight excluding hydrogens is 995 g/mol. The molecule has 4 N–H and O–H groups in total. The van der Waals surface area contributed by atoms with Gasteiger partial charge in [-0.05, 0) is 119 Å². The minimum atomic E-state index is -4.68. The van der Waals surface area contributed by atoms with Crippen molar-refractivity contribution in [1.29, 1.82) is 0 Å². The van der Waals surface area contributed by atoms with Gasteiger partial charge in [0, 0.05) is 68.8 Å². The van der Waals surface area contributed by atoms with Gasteiger partial charge >= 0.3 is 5.97 Å². The standard InChI is InChI=1S/C53H57N3O12S3Si/c1-33-28-52(2,3)55(30-34-16-9-13-20-45(34)70(63,64)65)43-26-47-41(24-39(33)43)50(37-18-11-12-19-38(37)51(59)54(6)23-15-22-49(57)58)42-25-40-36(32-69(60,61)62)29-53(4,5)56(44(40)27-48(42)72(47,7)8)31-35-17-10-14-21-46(35)71(66,67)68/h9-14,16-21,24-29H,15,22-23,30-32H2,1-8H3,(H3-,57,58,60,61,62,63,64,65,66,67,68)/p+1. The van der Waals surface area contributed by atoms with Crippen molar-refractivity contribution in [3.8, 4) is 0 Å². The van der Waals surface area contributed by atoms with Gasteiger partial charge in [0.05, 0.1) is 16.0 Å². The number of aliphatic carboxylic acids is 1. The van der Waals surface area contributed by atoms with Crippen LogP contribution in [0.3, 0.4) is 0 Å². The first-order chi connectivity index (χ1) is 33.4. The van der Waals surface area contributed by atoms with Gasteiger partial charge in [-0.3, -0.25) is 23.2 Å². The summed E-state index contributed by atoms with van der Waals surface area (Å²) in [5, 5.41) is 12.5. The molecule has 0 atom stereocenters. The molecular formula is C53H58N3O12S3Si+. The maximum atomic E-state index is 14.7. The van der Waals surface area contributed by atoms with E-state index >= 15 is 0 Å². The summed E-state index contributed by atoms with van der Waals surface area (Å²) < 4.78 is 110. The molecule has 0 aromatic heterocycles. The largest absolute Gasteiger partial charge is 0.481 e. The lowest BCUT2D eigenvalue weighted by Gasteiger charge is -2.45. The van der Waals surface area contributed by atoms with E-state index in [0.717, 1.165) is 32.8 Å². The van der Waals surface area contributed by atoms with E-state index in [9.17, 15) is 53.6 Å². The minimum Gasteiger partial charge on any atom is -0.481 e. The molecule has 1 amide bonds. The summed E-state index contributed by atoms with van der Waals surface area (Å²) in [4.78, 5) is 29.2. The Morgan fingerprint density at radius 1 is 0.722 bits per heavy atom. The molecule has 5 aromatic carbocycles. The summed E-state index contributed by atoms with van der Waals surface area (Å²) in [5.74, 6) is -2.09. The van der Waals surface area contributed by atoms with Crippen molar-refractivity contribution in [2.24, 2.45) is 0 Å². The van der Waals surface area contributed by atoms with Crippen molar-refractivity contribution in [3.05, 3.63) is 159 Å². The van der Waals surface area contributed by atoms with Crippen LogP contribution in [-0.4, -0.2) is 99.3 Å². The van der Waals surface area contributed by atoms with Gasteiger partial charge in [-0.15, -0.1) is 0 Å². The summed E-state index contributed by atoms with van der Waals surface area (Å²) in [5.41, 5.74) is 4.60. The van der Waals surface area contributed by atoms with Gasteiger partial charge < -0.3 is 14.9 Å². The molecule has 0 saturated carbocycles. The fourth-order valence-electron chi connectivity index (χ4n) is 10.8. The quantitative estimate of drug-likeness (QED) is 0.0617. The van der Waals surface area contributed by atoms with E-state index < -0.39 is 61.2 Å². The summed E-state index contributed by atoms with van der Waals surface area (Å²) in [6.07, 6.45) is 3.91. The molecule has 0 aliphatic carbocycles. The Balaban J connectivity index is 1.50. The normalized spacial score (nSPS) is 16.7. The summed E-state index contributed by atoms with van der Waals surface area (Å²) in [6.45, 7) is 14.3. The zero-order valence-electron chi connectivity index (χ0n) is 41.3. The van der Waals surface area contributed by atoms with Crippen LogP contribution in [0.1, 0.15) is 91.2 Å². The van der Waals surface area contributed by atoms with Crippen LogP contribution in [0.5, 0.6) is 0 Å². The van der Waals surface area contributed by atoms with Crippen molar-refractivity contribution in [2.45, 2.75) is 94.5 Å². The van der Waals surface area contributed by atoms with Crippen LogP contribution in [0.15, 0.2) is 119 Å². The number of fused-ring (bicyclic) bond motifs is 4. The predicted octanol–water partition coefficient (Wildman–Crippen LogP) is 5.46. The number of nitrogens with zero attached hydrogens (tertiary/aromatic N) is 3. The molecule has 72 heavy (non-hydrogen) atoms. The molecule has 0 fully saturated rings. The second kappa shape index (κ2) is 18.5. The third kappa shape index (κ3) is 9.90. The van der Waals surface area contributed by atoms with Gasteiger partial charge in [-0.25, -0.2) is 4.58 Å². The smallest absolute Gasteiger partial charge is 0.303 e. The van der Waals surface area contributed by atoms with Gasteiger partial charge in [-0.1, -0.05) is 73.8 Å². The Morgan fingerprint density at radius 2 is 1.32 bits per heavy atom. The molecule has 3 heterocycles. The van der Waals surface area contributed by atoms with E-state index in [1.807, 2.05) is 63.5 Å². The number of anilines is 1. The van der Waals surface area contributed by atoms with Crippen molar-refractivity contribution in [3.63, 3.8) is 0 Å². The Kier molecular flexibility index (Phi) is 13.4. The Bertz CT molecular complexity index is 3700. The molecule has 0 bridgehead atoms. The Hall–Kier alpha value is -6.06. The molecule has 5 aromatic rings. The van der Waals surface area contributed by atoms with Crippen LogP contribution >= 0.6 is 0 Å². The number of carbonyl (C=O) groups is 2. The zero-order valence-corrected chi connectivity index (χ0v) is 44.7. The van der Waals surface area contributed by atoms with E-state index in [0.29, 0.717) is 44.0 Å². The monoisotopic (exact) mass is 1050 g/mol. The number of hydrogen-bond acceptors (Lipinski definition) is 9. The fraction of sp³-hybridized carbons (Fsp3) is 0.302. The van der Waals surface area contributed by atoms with E-state index in [1.54, 1.807) is 55.6 Å². The van der Waals surface area contributed by atoms with Crippen molar-refractivity contribution in [1.82, 2.24) is 9.48 Å². The van der Waals surface area contributed by atoms with E-state index in [4.69, 9.17) is 0 Å². The maximum absolute atomic E-state index is 14.7. The number of rotatable bonds is 14. The third-order valence-electron chi connectivity index (χ3n) is 14.2. The number of carboxylic acid groups (broad SMARTS) is 1. The lowest BCUT2D eigenvalue weighted by molar-refractivity contribution is -0.137. The second-order valence-electron chi connectivity index (χ2n) is 20.5. The van der Waals surface area contributed by atoms with E-state index in [-0.39, 0.29) is 53.7 Å². The molecule has 8 rings (SSSR count). The first-order valence-corrected chi connectivity index (χ1v) is 30.7. The highest BCUT2D eigenvalue weighted by atomic mass is 32.2. The van der Waals surface area contributed by atoms with Crippen molar-refractivity contribution < 1.29 is 53.6 Å². The number of hydrogen-bond donors (Lipinski definition) is 4. The number of amides is 1. The highest BCUT2D eigenvalue weighted by Gasteiger charge is 2.43. The number of benzene rings is 5. The van der Waals surface area contributed by atoms with Crippen molar-refractivity contribution in [2.75, 3.05) is 24.2 Å². The topological polar surface area (TPSA) is 227 Å². The highest BCUT2D eigenvalue weighted by molar-refractivity contribution is 7.86. The van der Waals surface area contributed by atoms with Gasteiger partial charge in [0.1, 0.15) is 18.7 Å². The maximum Gasteiger partial charge on any atom is 0.303 e. The van der Waals surface area contributed by atoms with Crippen LogP contribution in [0, 0.1) is 0 Å². The molecule has 15 nitrogen and oxygen atoms in total. The number of carboxylic acids is 1. The Morgan fingerprint density at radius 3 is 1.94 bits per heavy atom. The second-order valence-corrected chi connectivity index (χ2v) is 29.0. The average Bonchev–Trinajstić information content (AvgIpc) is 3.27. The van der Waals surface area contributed by atoms with Crippen LogP contribution in [0.25, 0.3) is 16.7 Å². The third-order valence-corrected chi connectivity index (χ3v) is 20.3. The molecule has 0 radical (unpaired) electrons. The SMILES string of the molecule is CC1=CC(C)(C)N(Cc2ccccc2S(=O)(=O)O)c2cc3c(cc21)C(c1ccccc1C(=O)N(C)CCCC(=O)O)=c1cc2c(cc1[Si]3(C)C)=[N+](Cc1ccccc1S(=O)(=O)O)C(C)(C)C=C2CS(=O)(=O)O. The van der Waals surface area contributed by atoms with E-state index in [1.165, 1.54) is 23.1 Å².